The molecule has 0 aliphatic carbocycles. The molecule has 2 unspecified atom stereocenters. The third-order valence-electron chi connectivity index (χ3n) is 5.11. The van der Waals surface area contributed by atoms with E-state index in [1.165, 1.54) is 12.7 Å². The van der Waals surface area contributed by atoms with Crippen molar-refractivity contribution in [3.8, 4) is 0 Å². The number of hydrogen-bond acceptors (Lipinski definition) is 4. The summed E-state index contributed by atoms with van der Waals surface area (Å²) in [6, 6.07) is 4.10. The molecule has 1 aliphatic heterocycles. The van der Waals surface area contributed by atoms with E-state index >= 15 is 0 Å². The van der Waals surface area contributed by atoms with Gasteiger partial charge < -0.3 is 19.4 Å². The zero-order chi connectivity index (χ0) is 19.4. The van der Waals surface area contributed by atoms with Gasteiger partial charge in [-0.15, -0.1) is 0 Å². The van der Waals surface area contributed by atoms with Gasteiger partial charge in [0.1, 0.15) is 5.65 Å². The number of ether oxygens (including phenoxy) is 1. The van der Waals surface area contributed by atoms with Gasteiger partial charge in [-0.2, -0.15) is 0 Å². The summed E-state index contributed by atoms with van der Waals surface area (Å²) < 4.78 is 6.99. The molecule has 146 valence electrons. The van der Waals surface area contributed by atoms with Crippen LogP contribution in [0, 0.1) is 18.8 Å². The van der Waals surface area contributed by atoms with E-state index in [0.29, 0.717) is 13.1 Å². The van der Waals surface area contributed by atoms with Crippen molar-refractivity contribution in [3.63, 3.8) is 0 Å². The molecule has 1 saturated heterocycles. The minimum absolute atomic E-state index is 0.0970. The number of hydrogen-bond donors (Lipinski definition) is 1. The molecule has 2 aromatic rings. The van der Waals surface area contributed by atoms with Crippen molar-refractivity contribution in [3.05, 3.63) is 35.8 Å². The molecular weight excluding hydrogens is 342 g/mol. The molecule has 1 fully saturated rings. The summed E-state index contributed by atoms with van der Waals surface area (Å²) in [6.07, 6.45) is 4.86. The van der Waals surface area contributed by atoms with Crippen molar-refractivity contribution in [1.29, 1.82) is 0 Å². The first-order valence-electron chi connectivity index (χ1n) is 9.57. The molecule has 0 amide bonds. The Kier molecular flexibility index (Phi) is 5.98. The summed E-state index contributed by atoms with van der Waals surface area (Å²) in [6.45, 7) is 9.10. The van der Waals surface area contributed by atoms with Gasteiger partial charge >= 0.3 is 5.97 Å². The van der Waals surface area contributed by atoms with Crippen LogP contribution in [0.2, 0.25) is 0 Å². The van der Waals surface area contributed by atoms with E-state index in [1.54, 1.807) is 0 Å². The SMILES string of the molecule is CCNC(=NCCc1cn2cccc(C)c2n1)N1CC(C)C(C(=O)OC)C1. The molecule has 7 nitrogen and oxygen atoms in total. The average Bonchev–Trinajstić information content (AvgIpc) is 3.24. The first-order chi connectivity index (χ1) is 13.0. The smallest absolute Gasteiger partial charge is 0.310 e. The third kappa shape index (κ3) is 4.23. The molecule has 2 atom stereocenters. The third-order valence-corrected chi connectivity index (χ3v) is 5.11. The summed E-state index contributed by atoms with van der Waals surface area (Å²) >= 11 is 0. The van der Waals surface area contributed by atoms with Crippen LogP contribution in [0.5, 0.6) is 0 Å². The molecule has 0 bridgehead atoms. The number of methoxy groups -OCH3 is 1. The monoisotopic (exact) mass is 371 g/mol. The van der Waals surface area contributed by atoms with Gasteiger partial charge in [0.25, 0.3) is 0 Å². The molecule has 3 rings (SSSR count). The lowest BCUT2D eigenvalue weighted by molar-refractivity contribution is -0.145. The Bertz CT molecular complexity index is 829. The minimum Gasteiger partial charge on any atom is -0.469 e. The lowest BCUT2D eigenvalue weighted by Gasteiger charge is -2.21. The molecule has 1 aliphatic rings. The molecule has 0 aromatic carbocycles. The molecule has 3 heterocycles. The van der Waals surface area contributed by atoms with Crippen LogP contribution in [0.15, 0.2) is 29.5 Å². The predicted molar refractivity (Wildman–Crippen MR) is 106 cm³/mol. The van der Waals surface area contributed by atoms with Gasteiger partial charge in [0, 0.05) is 45.0 Å². The average molecular weight is 371 g/mol. The number of guanidine groups is 1. The lowest BCUT2D eigenvalue weighted by atomic mass is 9.99. The maximum absolute atomic E-state index is 11.9. The number of nitrogens with zero attached hydrogens (tertiary/aromatic N) is 4. The molecule has 0 saturated carbocycles. The van der Waals surface area contributed by atoms with Gasteiger partial charge in [0.2, 0.25) is 0 Å². The van der Waals surface area contributed by atoms with Crippen LogP contribution in [0.4, 0.5) is 0 Å². The van der Waals surface area contributed by atoms with E-state index in [9.17, 15) is 4.79 Å². The Morgan fingerprint density at radius 2 is 2.26 bits per heavy atom. The standard InChI is InChI=1S/C20H29N5O2/c1-5-21-20(25-11-15(3)17(13-25)19(26)27-4)22-9-8-16-12-24-10-6-7-14(2)18(24)23-16/h6-7,10,12,15,17H,5,8-9,11,13H2,1-4H3,(H,21,22). The van der Waals surface area contributed by atoms with Crippen molar-refractivity contribution < 1.29 is 9.53 Å². The number of pyridine rings is 1. The molecule has 0 radical (unpaired) electrons. The second-order valence-corrected chi connectivity index (χ2v) is 7.15. The van der Waals surface area contributed by atoms with Crippen molar-refractivity contribution in [2.24, 2.45) is 16.8 Å². The normalized spacial score (nSPS) is 20.3. The second kappa shape index (κ2) is 8.41. The van der Waals surface area contributed by atoms with Crippen molar-refractivity contribution in [1.82, 2.24) is 19.6 Å². The minimum atomic E-state index is -0.138. The number of likely N-dealkylation sites (tertiary alicyclic amines) is 1. The topological polar surface area (TPSA) is 71.2 Å². The Labute approximate surface area is 160 Å². The Morgan fingerprint density at radius 1 is 1.44 bits per heavy atom. The highest BCUT2D eigenvalue weighted by Crippen LogP contribution is 2.24. The summed E-state index contributed by atoms with van der Waals surface area (Å²) in [7, 11) is 1.45. The van der Waals surface area contributed by atoms with Crippen LogP contribution in [0.3, 0.4) is 0 Å². The maximum atomic E-state index is 11.9. The van der Waals surface area contributed by atoms with Crippen LogP contribution < -0.4 is 5.32 Å². The largest absolute Gasteiger partial charge is 0.469 e. The molecule has 2 aromatic heterocycles. The number of fused-ring (bicyclic) bond motifs is 1. The first kappa shape index (κ1) is 19.2. The number of aryl methyl sites for hydroxylation is 1. The van der Waals surface area contributed by atoms with Crippen LogP contribution in [-0.2, 0) is 16.0 Å². The van der Waals surface area contributed by atoms with Crippen molar-refractivity contribution >= 4 is 17.6 Å². The van der Waals surface area contributed by atoms with Gasteiger partial charge in [-0.1, -0.05) is 13.0 Å². The van der Waals surface area contributed by atoms with Crippen LogP contribution in [-0.4, -0.2) is 59.5 Å². The van der Waals surface area contributed by atoms with E-state index in [1.807, 2.05) is 12.3 Å². The highest BCUT2D eigenvalue weighted by Gasteiger charge is 2.36. The van der Waals surface area contributed by atoms with E-state index in [-0.39, 0.29) is 17.8 Å². The van der Waals surface area contributed by atoms with Gasteiger partial charge in [-0.05, 0) is 31.4 Å². The molecule has 7 heteroatoms. The lowest BCUT2D eigenvalue weighted by Crippen LogP contribution is -2.40. The number of nitrogens with one attached hydrogen (secondary N) is 1. The number of esters is 1. The fraction of sp³-hybridized carbons (Fsp3) is 0.550. The van der Waals surface area contributed by atoms with E-state index < -0.39 is 0 Å². The van der Waals surface area contributed by atoms with Crippen LogP contribution >= 0.6 is 0 Å². The van der Waals surface area contributed by atoms with E-state index in [2.05, 4.69) is 47.7 Å². The predicted octanol–water partition coefficient (Wildman–Crippen LogP) is 1.89. The van der Waals surface area contributed by atoms with Gasteiger partial charge in [-0.3, -0.25) is 9.79 Å². The Hall–Kier alpha value is -2.57. The maximum Gasteiger partial charge on any atom is 0.310 e. The van der Waals surface area contributed by atoms with Crippen LogP contribution in [0.25, 0.3) is 5.65 Å². The molecule has 27 heavy (non-hydrogen) atoms. The summed E-state index contributed by atoms with van der Waals surface area (Å²) in [5.74, 6) is 0.875. The van der Waals surface area contributed by atoms with Crippen LogP contribution in [0.1, 0.15) is 25.1 Å². The van der Waals surface area contributed by atoms with Crippen molar-refractivity contribution in [2.75, 3.05) is 33.3 Å². The summed E-state index contributed by atoms with van der Waals surface area (Å²) in [5.41, 5.74) is 3.20. The highest BCUT2D eigenvalue weighted by atomic mass is 16.5. The van der Waals surface area contributed by atoms with E-state index in [0.717, 1.165) is 36.8 Å². The number of aliphatic imine (C=N–C) groups is 1. The Morgan fingerprint density at radius 3 is 2.96 bits per heavy atom. The number of imidazole rings is 1. The zero-order valence-electron chi connectivity index (χ0n) is 16.6. The Balaban J connectivity index is 1.67. The second-order valence-electron chi connectivity index (χ2n) is 7.15. The van der Waals surface area contributed by atoms with Crippen molar-refractivity contribution in [2.45, 2.75) is 27.2 Å². The molecular formula is C20H29N5O2. The number of rotatable bonds is 5. The quantitative estimate of drug-likeness (QED) is 0.494. The van der Waals surface area contributed by atoms with Gasteiger partial charge in [0.15, 0.2) is 5.96 Å². The number of aromatic nitrogens is 2. The van der Waals surface area contributed by atoms with Gasteiger partial charge in [0.05, 0.1) is 18.7 Å². The van der Waals surface area contributed by atoms with E-state index in [4.69, 9.17) is 14.7 Å². The molecule has 0 spiro atoms. The summed E-state index contributed by atoms with van der Waals surface area (Å²) in [4.78, 5) is 23.6. The zero-order valence-corrected chi connectivity index (χ0v) is 16.6. The first-order valence-corrected chi connectivity index (χ1v) is 9.57. The fourth-order valence-corrected chi connectivity index (χ4v) is 3.62. The number of carbonyl (C=O) groups excluding carboxylic acids is 1. The number of carbonyl (C=O) groups is 1. The fourth-order valence-electron chi connectivity index (χ4n) is 3.62. The highest BCUT2D eigenvalue weighted by molar-refractivity contribution is 5.82. The van der Waals surface area contributed by atoms with Gasteiger partial charge in [-0.25, -0.2) is 4.98 Å². The summed E-state index contributed by atoms with van der Waals surface area (Å²) in [5, 5.41) is 3.34. The molecule has 1 N–H and O–H groups in total.